The summed E-state index contributed by atoms with van der Waals surface area (Å²) in [5, 5.41) is 10.7. The van der Waals surface area contributed by atoms with Crippen molar-refractivity contribution in [1.29, 1.82) is 0 Å². The van der Waals surface area contributed by atoms with Gasteiger partial charge in [-0.2, -0.15) is 9.78 Å². The highest BCUT2D eigenvalue weighted by Crippen LogP contribution is 2.30. The fraction of sp³-hybridized carbons (Fsp3) is 0.148. The summed E-state index contributed by atoms with van der Waals surface area (Å²) in [6, 6.07) is 16.9. The standard InChI is InChI=1S/C27H23N5O6S/c1-36-16-9-10-19-22(13-16)39-27(29-19)30-23(33)14-28-25(34)24-17-6-4-5-7-18(17)26(35)32(31-24)15-8-11-20(37-2)21(12-15)38-3/h4-13H,14H2,1-3H3,(H,28,34)(H,29,30,33). The lowest BCUT2D eigenvalue weighted by Gasteiger charge is -2.13. The van der Waals surface area contributed by atoms with E-state index in [2.05, 4.69) is 20.7 Å². The van der Waals surface area contributed by atoms with E-state index in [0.717, 1.165) is 9.38 Å². The van der Waals surface area contributed by atoms with Gasteiger partial charge in [0.1, 0.15) is 5.75 Å². The van der Waals surface area contributed by atoms with Crippen molar-refractivity contribution in [3.8, 4) is 22.9 Å². The fourth-order valence-electron chi connectivity index (χ4n) is 3.98. The highest BCUT2D eigenvalue weighted by molar-refractivity contribution is 7.22. The summed E-state index contributed by atoms with van der Waals surface area (Å²) in [7, 11) is 4.56. The molecule has 2 amide bonds. The Balaban J connectivity index is 1.40. The second-order valence-electron chi connectivity index (χ2n) is 8.23. The number of methoxy groups -OCH3 is 3. The van der Waals surface area contributed by atoms with Gasteiger partial charge in [-0.15, -0.1) is 0 Å². The number of carbonyl (C=O) groups is 2. The van der Waals surface area contributed by atoms with Crippen LogP contribution in [0, 0.1) is 0 Å². The minimum Gasteiger partial charge on any atom is -0.497 e. The quantitative estimate of drug-likeness (QED) is 0.303. The maximum Gasteiger partial charge on any atom is 0.279 e. The van der Waals surface area contributed by atoms with Crippen LogP contribution in [0.3, 0.4) is 0 Å². The van der Waals surface area contributed by atoms with Crippen molar-refractivity contribution in [2.75, 3.05) is 33.2 Å². The van der Waals surface area contributed by atoms with Crippen molar-refractivity contribution < 1.29 is 23.8 Å². The van der Waals surface area contributed by atoms with Crippen LogP contribution in [0.1, 0.15) is 10.5 Å². The molecule has 2 N–H and O–H groups in total. The van der Waals surface area contributed by atoms with Gasteiger partial charge in [0, 0.05) is 11.5 Å². The van der Waals surface area contributed by atoms with Crippen molar-refractivity contribution in [2.45, 2.75) is 0 Å². The Hall–Kier alpha value is -4.97. The average molecular weight is 546 g/mol. The molecule has 12 heteroatoms. The highest BCUT2D eigenvalue weighted by Gasteiger charge is 2.19. The summed E-state index contributed by atoms with van der Waals surface area (Å²) < 4.78 is 17.8. The van der Waals surface area contributed by atoms with E-state index in [4.69, 9.17) is 14.2 Å². The first-order valence-corrected chi connectivity index (χ1v) is 12.5. The van der Waals surface area contributed by atoms with E-state index in [1.807, 2.05) is 6.07 Å². The molecule has 0 bridgehead atoms. The zero-order chi connectivity index (χ0) is 27.5. The van der Waals surface area contributed by atoms with Crippen LogP contribution in [0.4, 0.5) is 5.13 Å². The maximum absolute atomic E-state index is 13.3. The molecule has 0 atom stereocenters. The Morgan fingerprint density at radius 3 is 2.44 bits per heavy atom. The molecule has 0 aliphatic heterocycles. The van der Waals surface area contributed by atoms with Gasteiger partial charge in [0.05, 0.1) is 49.2 Å². The fourth-order valence-corrected chi connectivity index (χ4v) is 4.89. The number of hydrogen-bond acceptors (Lipinski definition) is 9. The summed E-state index contributed by atoms with van der Waals surface area (Å²) in [6.07, 6.45) is 0. The summed E-state index contributed by atoms with van der Waals surface area (Å²) in [5.41, 5.74) is 0.662. The summed E-state index contributed by atoms with van der Waals surface area (Å²) in [6.45, 7) is -0.330. The van der Waals surface area contributed by atoms with Gasteiger partial charge >= 0.3 is 0 Å². The van der Waals surface area contributed by atoms with Crippen LogP contribution in [0.25, 0.3) is 26.7 Å². The molecule has 0 fully saturated rings. The van der Waals surface area contributed by atoms with E-state index >= 15 is 0 Å². The number of nitrogens with zero attached hydrogens (tertiary/aromatic N) is 3. The van der Waals surface area contributed by atoms with Gasteiger partial charge < -0.3 is 24.8 Å². The number of amides is 2. The number of rotatable bonds is 8. The lowest BCUT2D eigenvalue weighted by atomic mass is 10.1. The predicted octanol–water partition coefficient (Wildman–Crippen LogP) is 3.39. The van der Waals surface area contributed by atoms with Crippen molar-refractivity contribution in [1.82, 2.24) is 20.1 Å². The summed E-state index contributed by atoms with van der Waals surface area (Å²) in [4.78, 5) is 43.4. The Bertz CT molecular complexity index is 1780. The molecular formula is C27H23N5O6S. The van der Waals surface area contributed by atoms with E-state index < -0.39 is 17.4 Å². The molecule has 39 heavy (non-hydrogen) atoms. The summed E-state index contributed by atoms with van der Waals surface area (Å²) in [5.74, 6) is 0.473. The third-order valence-corrected chi connectivity index (χ3v) is 6.82. The molecule has 0 spiro atoms. The van der Waals surface area contributed by atoms with Gasteiger partial charge in [-0.05, 0) is 36.4 Å². The molecule has 3 aromatic carbocycles. The van der Waals surface area contributed by atoms with E-state index in [-0.39, 0.29) is 12.2 Å². The number of benzene rings is 3. The smallest absolute Gasteiger partial charge is 0.279 e. The minimum absolute atomic E-state index is 0.0140. The number of nitrogens with one attached hydrogen (secondary N) is 2. The molecule has 0 aliphatic carbocycles. The first kappa shape index (κ1) is 25.7. The number of hydrogen-bond donors (Lipinski definition) is 2. The normalized spacial score (nSPS) is 10.8. The van der Waals surface area contributed by atoms with Gasteiger partial charge in [-0.3, -0.25) is 14.4 Å². The van der Waals surface area contributed by atoms with Crippen molar-refractivity contribution in [2.24, 2.45) is 0 Å². The van der Waals surface area contributed by atoms with Crippen LogP contribution in [0.5, 0.6) is 17.2 Å². The third-order valence-electron chi connectivity index (χ3n) is 5.88. The largest absolute Gasteiger partial charge is 0.497 e. The number of aromatic nitrogens is 3. The number of anilines is 1. The van der Waals surface area contributed by atoms with E-state index in [0.29, 0.717) is 44.4 Å². The van der Waals surface area contributed by atoms with Crippen molar-refractivity contribution in [3.63, 3.8) is 0 Å². The molecule has 0 radical (unpaired) electrons. The molecular weight excluding hydrogens is 522 g/mol. The Morgan fingerprint density at radius 1 is 0.923 bits per heavy atom. The van der Waals surface area contributed by atoms with Crippen LogP contribution in [0.2, 0.25) is 0 Å². The van der Waals surface area contributed by atoms with E-state index in [9.17, 15) is 14.4 Å². The second-order valence-corrected chi connectivity index (χ2v) is 9.26. The molecule has 0 unspecified atom stereocenters. The van der Waals surface area contributed by atoms with Crippen LogP contribution < -0.4 is 30.4 Å². The number of fused-ring (bicyclic) bond motifs is 2. The predicted molar refractivity (Wildman–Crippen MR) is 148 cm³/mol. The van der Waals surface area contributed by atoms with Crippen LogP contribution in [-0.2, 0) is 4.79 Å². The first-order valence-electron chi connectivity index (χ1n) is 11.7. The molecule has 5 aromatic rings. The van der Waals surface area contributed by atoms with Crippen molar-refractivity contribution >= 4 is 49.3 Å². The molecule has 0 saturated heterocycles. The van der Waals surface area contributed by atoms with Crippen LogP contribution in [0.15, 0.2) is 65.5 Å². The second kappa shape index (κ2) is 10.8. The third kappa shape index (κ3) is 5.09. The Kier molecular flexibility index (Phi) is 7.10. The molecule has 5 rings (SSSR count). The first-order chi connectivity index (χ1) is 18.9. The maximum atomic E-state index is 13.3. The lowest BCUT2D eigenvalue weighted by molar-refractivity contribution is -0.115. The Labute approximate surface area is 226 Å². The van der Waals surface area contributed by atoms with Gasteiger partial charge in [0.25, 0.3) is 11.5 Å². The van der Waals surface area contributed by atoms with Gasteiger partial charge in [0.2, 0.25) is 5.91 Å². The molecule has 198 valence electrons. The van der Waals surface area contributed by atoms with Gasteiger partial charge in [-0.1, -0.05) is 29.5 Å². The number of ether oxygens (including phenoxy) is 3. The van der Waals surface area contributed by atoms with Crippen LogP contribution in [-0.4, -0.2) is 54.5 Å². The van der Waals surface area contributed by atoms with Gasteiger partial charge in [-0.25, -0.2) is 4.98 Å². The monoisotopic (exact) mass is 545 g/mol. The molecule has 0 aliphatic rings. The SMILES string of the molecule is COc1ccc2nc(NC(=O)CNC(=O)c3nn(-c4ccc(OC)c(OC)c4)c(=O)c4ccccc34)sc2c1. The van der Waals surface area contributed by atoms with Crippen LogP contribution >= 0.6 is 11.3 Å². The topological polar surface area (TPSA) is 134 Å². The van der Waals surface area contributed by atoms with Gasteiger partial charge in [0.15, 0.2) is 22.3 Å². The zero-order valence-corrected chi connectivity index (χ0v) is 22.0. The average Bonchev–Trinajstić information content (AvgIpc) is 3.37. The lowest BCUT2D eigenvalue weighted by Crippen LogP contribution is -2.35. The number of carbonyl (C=O) groups excluding carboxylic acids is 2. The molecule has 11 nitrogen and oxygen atoms in total. The zero-order valence-electron chi connectivity index (χ0n) is 21.2. The highest BCUT2D eigenvalue weighted by atomic mass is 32.1. The van der Waals surface area contributed by atoms with Crippen molar-refractivity contribution in [3.05, 3.63) is 76.7 Å². The van der Waals surface area contributed by atoms with E-state index in [1.165, 1.54) is 25.6 Å². The summed E-state index contributed by atoms with van der Waals surface area (Å²) >= 11 is 1.29. The minimum atomic E-state index is -0.621. The Morgan fingerprint density at radius 2 is 1.69 bits per heavy atom. The molecule has 2 aromatic heterocycles. The number of thiazole rings is 1. The molecule has 2 heterocycles. The molecule has 0 saturated carbocycles. The van der Waals surface area contributed by atoms with E-state index in [1.54, 1.807) is 61.7 Å².